The lowest BCUT2D eigenvalue weighted by atomic mass is 10.1. The summed E-state index contributed by atoms with van der Waals surface area (Å²) in [7, 11) is 0. The Kier molecular flexibility index (Phi) is 4.85. The van der Waals surface area contributed by atoms with Crippen molar-refractivity contribution in [2.75, 3.05) is 0 Å². The van der Waals surface area contributed by atoms with Crippen LogP contribution in [0, 0.1) is 6.92 Å². The molecule has 0 saturated carbocycles. The number of rotatable bonds is 5. The molecule has 0 spiro atoms. The zero-order valence-electron chi connectivity index (χ0n) is 14.7. The van der Waals surface area contributed by atoms with Crippen molar-refractivity contribution in [1.82, 2.24) is 0 Å². The molecule has 3 aromatic rings. The van der Waals surface area contributed by atoms with Crippen molar-refractivity contribution in [2.45, 2.75) is 13.5 Å². The van der Waals surface area contributed by atoms with E-state index in [0.29, 0.717) is 12.5 Å². The highest BCUT2D eigenvalue weighted by molar-refractivity contribution is 7.12. The first-order chi connectivity index (χ1) is 13.2. The molecule has 0 saturated heterocycles. The van der Waals surface area contributed by atoms with Crippen molar-refractivity contribution in [1.29, 1.82) is 0 Å². The monoisotopic (exact) mass is 375 g/mol. The summed E-state index contributed by atoms with van der Waals surface area (Å²) in [6, 6.07) is 19.5. The molecule has 0 N–H and O–H groups in total. The first-order valence-corrected chi connectivity index (χ1v) is 9.41. The quantitative estimate of drug-likeness (QED) is 0.467. The van der Waals surface area contributed by atoms with Crippen LogP contribution in [0.1, 0.15) is 21.6 Å². The molecule has 4 nitrogen and oxygen atoms in total. The lowest BCUT2D eigenvalue weighted by Gasteiger charge is -2.09. The van der Waals surface area contributed by atoms with Gasteiger partial charge in [-0.2, -0.15) is 0 Å². The zero-order valence-corrected chi connectivity index (χ0v) is 15.5. The molecule has 5 heteroatoms. The largest absolute Gasteiger partial charge is 0.489 e. The van der Waals surface area contributed by atoms with Gasteiger partial charge in [0.15, 0.2) is 5.70 Å². The maximum Gasteiger partial charge on any atom is 0.363 e. The molecular weight excluding hydrogens is 358 g/mol. The van der Waals surface area contributed by atoms with E-state index in [4.69, 9.17) is 9.47 Å². The number of thiophene rings is 1. The second-order valence-corrected chi connectivity index (χ2v) is 7.05. The molecule has 0 bridgehead atoms. The fraction of sp³-hybridized carbons (Fsp3) is 0.0909. The molecule has 0 atom stereocenters. The third-order valence-electron chi connectivity index (χ3n) is 4.17. The number of hydrogen-bond donors (Lipinski definition) is 0. The Bertz CT molecular complexity index is 1040. The van der Waals surface area contributed by atoms with Crippen LogP contribution in [0.25, 0.3) is 6.08 Å². The molecule has 2 aromatic carbocycles. The molecule has 27 heavy (non-hydrogen) atoms. The van der Waals surface area contributed by atoms with Crippen LogP contribution in [0.15, 0.2) is 76.7 Å². The summed E-state index contributed by atoms with van der Waals surface area (Å²) in [5.41, 5.74) is 3.46. The molecule has 0 amide bonds. The normalized spacial score (nSPS) is 14.9. The lowest BCUT2D eigenvalue weighted by Crippen LogP contribution is -2.03. The second kappa shape index (κ2) is 7.60. The number of benzene rings is 2. The maximum absolute atomic E-state index is 12.1. The van der Waals surface area contributed by atoms with Crippen molar-refractivity contribution in [2.24, 2.45) is 4.99 Å². The molecule has 134 valence electrons. The highest BCUT2D eigenvalue weighted by atomic mass is 32.1. The van der Waals surface area contributed by atoms with E-state index in [-0.39, 0.29) is 5.70 Å². The Morgan fingerprint density at radius 2 is 2.00 bits per heavy atom. The fourth-order valence-corrected chi connectivity index (χ4v) is 3.35. The Balaban J connectivity index is 1.51. The van der Waals surface area contributed by atoms with Gasteiger partial charge in [-0.3, -0.25) is 0 Å². The molecule has 1 aliphatic rings. The fourth-order valence-electron chi connectivity index (χ4n) is 2.70. The van der Waals surface area contributed by atoms with Gasteiger partial charge in [-0.1, -0.05) is 42.5 Å². The van der Waals surface area contributed by atoms with E-state index in [1.165, 1.54) is 16.9 Å². The van der Waals surface area contributed by atoms with Gasteiger partial charge in [-0.15, -0.1) is 11.3 Å². The molecule has 0 fully saturated rings. The van der Waals surface area contributed by atoms with Crippen LogP contribution < -0.4 is 4.74 Å². The number of carbonyl (C=O) groups excluding carboxylic acids is 1. The van der Waals surface area contributed by atoms with E-state index in [2.05, 4.69) is 24.0 Å². The maximum atomic E-state index is 12.1. The van der Waals surface area contributed by atoms with Gasteiger partial charge in [-0.25, -0.2) is 9.79 Å². The predicted molar refractivity (Wildman–Crippen MR) is 107 cm³/mol. The van der Waals surface area contributed by atoms with Crippen LogP contribution in [0.2, 0.25) is 0 Å². The van der Waals surface area contributed by atoms with Crippen LogP contribution >= 0.6 is 11.3 Å². The summed E-state index contributed by atoms with van der Waals surface area (Å²) < 4.78 is 11.2. The number of ether oxygens (including phenoxy) is 2. The highest BCUT2D eigenvalue weighted by Gasteiger charge is 2.24. The standard InChI is InChI=1S/C22H17NO3S/c1-15-6-2-3-8-17(15)14-25-18-9-4-7-16(12-18)13-19-22(24)26-21(23-19)20-10-5-11-27-20/h2-13H,14H2,1H3. The molecule has 0 aliphatic carbocycles. The van der Waals surface area contributed by atoms with Gasteiger partial charge in [0.25, 0.3) is 0 Å². The summed E-state index contributed by atoms with van der Waals surface area (Å²) in [6.45, 7) is 2.56. The van der Waals surface area contributed by atoms with Gasteiger partial charge in [0.1, 0.15) is 12.4 Å². The topological polar surface area (TPSA) is 47.9 Å². The van der Waals surface area contributed by atoms with Gasteiger partial charge in [0, 0.05) is 0 Å². The molecule has 1 aliphatic heterocycles. The van der Waals surface area contributed by atoms with Crippen LogP contribution in [0.4, 0.5) is 0 Å². The number of cyclic esters (lactones) is 1. The third-order valence-corrected chi connectivity index (χ3v) is 5.03. The summed E-state index contributed by atoms with van der Waals surface area (Å²) in [6.07, 6.45) is 1.71. The molecule has 4 rings (SSSR count). The number of aliphatic imine (C=N–C) groups is 1. The van der Waals surface area contributed by atoms with Crippen LogP contribution in [0.3, 0.4) is 0 Å². The molecular formula is C22H17NO3S. The molecule has 0 unspecified atom stereocenters. The number of hydrogen-bond acceptors (Lipinski definition) is 5. The Morgan fingerprint density at radius 3 is 2.81 bits per heavy atom. The van der Waals surface area contributed by atoms with E-state index in [1.807, 2.05) is 53.9 Å². The van der Waals surface area contributed by atoms with Crippen molar-refractivity contribution in [3.05, 3.63) is 93.3 Å². The van der Waals surface area contributed by atoms with Crippen LogP contribution in [0.5, 0.6) is 5.75 Å². The summed E-state index contributed by atoms with van der Waals surface area (Å²) in [5.74, 6) is 0.652. The summed E-state index contributed by atoms with van der Waals surface area (Å²) in [4.78, 5) is 17.2. The first-order valence-electron chi connectivity index (χ1n) is 8.53. The minimum absolute atomic E-state index is 0.287. The Labute approximate surface area is 161 Å². The smallest absolute Gasteiger partial charge is 0.363 e. The highest BCUT2D eigenvalue weighted by Crippen LogP contribution is 2.23. The molecule has 0 radical (unpaired) electrons. The number of carbonyl (C=O) groups is 1. The van der Waals surface area contributed by atoms with E-state index in [9.17, 15) is 4.79 Å². The summed E-state index contributed by atoms with van der Waals surface area (Å²) in [5, 5.41) is 1.92. The van der Waals surface area contributed by atoms with E-state index in [0.717, 1.165) is 21.8 Å². The minimum atomic E-state index is -0.440. The third kappa shape index (κ3) is 3.99. The Morgan fingerprint density at radius 1 is 1.11 bits per heavy atom. The predicted octanol–water partition coefficient (Wildman–Crippen LogP) is 4.98. The van der Waals surface area contributed by atoms with Gasteiger partial charge < -0.3 is 9.47 Å². The average molecular weight is 375 g/mol. The van der Waals surface area contributed by atoms with Crippen molar-refractivity contribution in [3.8, 4) is 5.75 Å². The van der Waals surface area contributed by atoms with E-state index in [1.54, 1.807) is 6.08 Å². The van der Waals surface area contributed by atoms with Gasteiger partial charge in [-0.05, 0) is 53.3 Å². The van der Waals surface area contributed by atoms with Gasteiger partial charge >= 0.3 is 5.97 Å². The van der Waals surface area contributed by atoms with Crippen molar-refractivity contribution < 1.29 is 14.3 Å². The lowest BCUT2D eigenvalue weighted by molar-refractivity contribution is -0.129. The Hall–Kier alpha value is -3.18. The second-order valence-electron chi connectivity index (χ2n) is 6.10. The molecule has 1 aromatic heterocycles. The average Bonchev–Trinajstić information content (AvgIpc) is 3.32. The van der Waals surface area contributed by atoms with Crippen molar-refractivity contribution >= 4 is 29.3 Å². The molecule has 2 heterocycles. The van der Waals surface area contributed by atoms with E-state index < -0.39 is 5.97 Å². The number of aryl methyl sites for hydroxylation is 1. The van der Waals surface area contributed by atoms with Crippen molar-refractivity contribution in [3.63, 3.8) is 0 Å². The number of nitrogens with zero attached hydrogens (tertiary/aromatic N) is 1. The van der Waals surface area contributed by atoms with Gasteiger partial charge in [0.2, 0.25) is 5.90 Å². The number of esters is 1. The SMILES string of the molecule is Cc1ccccc1COc1cccc(C=C2N=C(c3cccs3)OC2=O)c1. The van der Waals surface area contributed by atoms with E-state index >= 15 is 0 Å². The van der Waals surface area contributed by atoms with Crippen LogP contribution in [-0.4, -0.2) is 11.9 Å². The van der Waals surface area contributed by atoms with Gasteiger partial charge in [0.05, 0.1) is 4.88 Å². The minimum Gasteiger partial charge on any atom is -0.489 e. The van der Waals surface area contributed by atoms with Crippen LogP contribution in [-0.2, 0) is 16.1 Å². The zero-order chi connectivity index (χ0) is 18.6. The first kappa shape index (κ1) is 17.2. The summed E-state index contributed by atoms with van der Waals surface area (Å²) >= 11 is 1.48.